The van der Waals surface area contributed by atoms with E-state index in [0.717, 1.165) is 0 Å². The van der Waals surface area contributed by atoms with Gasteiger partial charge in [0.2, 0.25) is 5.91 Å². The molecule has 1 aromatic rings. The Morgan fingerprint density at radius 2 is 2.41 bits per heavy atom. The predicted molar refractivity (Wildman–Crippen MR) is 61.7 cm³/mol. The summed E-state index contributed by atoms with van der Waals surface area (Å²) in [6, 6.07) is 3.07. The van der Waals surface area contributed by atoms with Crippen molar-refractivity contribution in [1.82, 2.24) is 10.3 Å². The van der Waals surface area contributed by atoms with Gasteiger partial charge in [0, 0.05) is 12.2 Å². The molecule has 1 aliphatic heterocycles. The van der Waals surface area contributed by atoms with Gasteiger partial charge in [-0.15, -0.1) is 0 Å². The van der Waals surface area contributed by atoms with Crippen LogP contribution in [0.1, 0.15) is 0 Å². The van der Waals surface area contributed by atoms with Crippen LogP contribution in [0.25, 0.3) is 0 Å². The first-order valence-electron chi connectivity index (χ1n) is 5.42. The van der Waals surface area contributed by atoms with Crippen LogP contribution in [0, 0.1) is 5.92 Å². The molecule has 1 aromatic heterocycles. The summed E-state index contributed by atoms with van der Waals surface area (Å²) in [7, 11) is 1.79. The van der Waals surface area contributed by atoms with Crippen LogP contribution >= 0.6 is 0 Å². The molecule has 0 spiro atoms. The Bertz CT molecular complexity index is 411. The minimum absolute atomic E-state index is 0.000792. The highest BCUT2D eigenvalue weighted by molar-refractivity contribution is 5.93. The number of rotatable bonds is 3. The molecular formula is C11H15N3O3. The molecule has 2 rings (SSSR count). The van der Waals surface area contributed by atoms with E-state index in [1.165, 1.54) is 12.3 Å². The Morgan fingerprint density at radius 1 is 1.59 bits per heavy atom. The van der Waals surface area contributed by atoms with Gasteiger partial charge >= 0.3 is 0 Å². The standard InChI is InChI=1S/C11H15N3O3/c1-12-8-6-17-5-7(8)11(16)14-10-9(15)3-2-4-13-10/h2-4,7-8,12,15H,5-6H2,1H3,(H,13,14,16). The number of pyridine rings is 1. The highest BCUT2D eigenvalue weighted by Crippen LogP contribution is 2.21. The zero-order valence-electron chi connectivity index (χ0n) is 9.51. The highest BCUT2D eigenvalue weighted by Gasteiger charge is 2.33. The van der Waals surface area contributed by atoms with Crippen molar-refractivity contribution >= 4 is 11.7 Å². The van der Waals surface area contributed by atoms with Crippen LogP contribution in [0.15, 0.2) is 18.3 Å². The van der Waals surface area contributed by atoms with Crippen LogP contribution in [-0.4, -0.2) is 42.3 Å². The van der Waals surface area contributed by atoms with E-state index in [1.54, 1.807) is 13.1 Å². The maximum absolute atomic E-state index is 12.0. The van der Waals surface area contributed by atoms with Crippen molar-refractivity contribution in [3.63, 3.8) is 0 Å². The maximum Gasteiger partial charge on any atom is 0.232 e. The average molecular weight is 237 g/mol. The first-order chi connectivity index (χ1) is 8.22. The van der Waals surface area contributed by atoms with Crippen molar-refractivity contribution in [3.8, 4) is 5.75 Å². The van der Waals surface area contributed by atoms with Crippen LogP contribution < -0.4 is 10.6 Å². The van der Waals surface area contributed by atoms with E-state index < -0.39 is 0 Å². The Hall–Kier alpha value is -1.66. The summed E-state index contributed by atoms with van der Waals surface area (Å²) in [6.07, 6.45) is 1.51. The van der Waals surface area contributed by atoms with Crippen molar-refractivity contribution in [2.75, 3.05) is 25.6 Å². The van der Waals surface area contributed by atoms with Gasteiger partial charge in [-0.3, -0.25) is 4.79 Å². The molecule has 0 saturated carbocycles. The zero-order valence-corrected chi connectivity index (χ0v) is 9.51. The maximum atomic E-state index is 12.0. The number of carbonyl (C=O) groups is 1. The zero-order chi connectivity index (χ0) is 12.3. The Balaban J connectivity index is 2.04. The molecule has 92 valence electrons. The predicted octanol–water partition coefficient (Wildman–Crippen LogP) is -0.0399. The number of aromatic hydroxyl groups is 1. The lowest BCUT2D eigenvalue weighted by Crippen LogP contribution is -2.39. The second kappa shape index (κ2) is 5.11. The number of anilines is 1. The van der Waals surface area contributed by atoms with Gasteiger partial charge in [0.05, 0.1) is 19.1 Å². The minimum atomic E-state index is -0.263. The van der Waals surface area contributed by atoms with Crippen molar-refractivity contribution in [2.45, 2.75) is 6.04 Å². The topological polar surface area (TPSA) is 83.5 Å². The summed E-state index contributed by atoms with van der Waals surface area (Å²) in [5.74, 6) is -0.322. The van der Waals surface area contributed by atoms with Gasteiger partial charge in [-0.05, 0) is 19.2 Å². The summed E-state index contributed by atoms with van der Waals surface area (Å²) in [5.41, 5.74) is 0. The third-order valence-corrected chi connectivity index (χ3v) is 2.82. The molecule has 2 atom stereocenters. The lowest BCUT2D eigenvalue weighted by Gasteiger charge is -2.16. The van der Waals surface area contributed by atoms with E-state index >= 15 is 0 Å². The van der Waals surface area contributed by atoms with Gasteiger partial charge in [-0.1, -0.05) is 0 Å². The monoisotopic (exact) mass is 237 g/mol. The molecule has 6 nitrogen and oxygen atoms in total. The molecule has 0 aromatic carbocycles. The van der Waals surface area contributed by atoms with Gasteiger partial charge in [-0.25, -0.2) is 4.98 Å². The second-order valence-corrected chi connectivity index (χ2v) is 3.90. The smallest absolute Gasteiger partial charge is 0.232 e. The van der Waals surface area contributed by atoms with Gasteiger partial charge in [0.25, 0.3) is 0 Å². The molecule has 3 N–H and O–H groups in total. The molecule has 6 heteroatoms. The number of hydrogen-bond acceptors (Lipinski definition) is 5. The third kappa shape index (κ3) is 2.54. The van der Waals surface area contributed by atoms with E-state index in [2.05, 4.69) is 15.6 Å². The molecular weight excluding hydrogens is 222 g/mol. The molecule has 17 heavy (non-hydrogen) atoms. The molecule has 1 saturated heterocycles. The summed E-state index contributed by atoms with van der Waals surface area (Å²) < 4.78 is 5.24. The minimum Gasteiger partial charge on any atom is -0.504 e. The Labute approximate surface area is 99.0 Å². The van der Waals surface area contributed by atoms with Gasteiger partial charge in [0.15, 0.2) is 11.6 Å². The summed E-state index contributed by atoms with van der Waals surface area (Å²) in [4.78, 5) is 15.9. The number of nitrogens with zero attached hydrogens (tertiary/aromatic N) is 1. The first kappa shape index (κ1) is 11.8. The van der Waals surface area contributed by atoms with Crippen LogP contribution in [0.2, 0.25) is 0 Å². The number of carbonyl (C=O) groups excluding carboxylic acids is 1. The van der Waals surface area contributed by atoms with Gasteiger partial charge < -0.3 is 20.5 Å². The van der Waals surface area contributed by atoms with E-state index in [-0.39, 0.29) is 29.4 Å². The van der Waals surface area contributed by atoms with Gasteiger partial charge in [0.1, 0.15) is 0 Å². The van der Waals surface area contributed by atoms with Crippen LogP contribution in [0.5, 0.6) is 5.75 Å². The summed E-state index contributed by atoms with van der Waals surface area (Å²) in [5, 5.41) is 15.1. The van der Waals surface area contributed by atoms with E-state index in [9.17, 15) is 9.90 Å². The van der Waals surface area contributed by atoms with Gasteiger partial charge in [-0.2, -0.15) is 0 Å². The van der Waals surface area contributed by atoms with Crippen LogP contribution in [0.4, 0.5) is 5.82 Å². The molecule has 0 bridgehead atoms. The lowest BCUT2D eigenvalue weighted by atomic mass is 10.0. The van der Waals surface area contributed by atoms with E-state index in [1.807, 2.05) is 0 Å². The molecule has 1 aliphatic rings. The fourth-order valence-corrected chi connectivity index (χ4v) is 1.80. The molecule has 1 fully saturated rings. The van der Waals surface area contributed by atoms with Crippen LogP contribution in [0.3, 0.4) is 0 Å². The fourth-order valence-electron chi connectivity index (χ4n) is 1.80. The first-order valence-corrected chi connectivity index (χ1v) is 5.42. The Morgan fingerprint density at radius 3 is 3.12 bits per heavy atom. The van der Waals surface area contributed by atoms with Crippen LogP contribution in [-0.2, 0) is 9.53 Å². The lowest BCUT2D eigenvalue weighted by molar-refractivity contribution is -0.120. The van der Waals surface area contributed by atoms with Crippen molar-refractivity contribution < 1.29 is 14.6 Å². The molecule has 2 heterocycles. The second-order valence-electron chi connectivity index (χ2n) is 3.90. The molecule has 1 amide bonds. The SMILES string of the molecule is CNC1COCC1C(=O)Nc1ncccc1O. The van der Waals surface area contributed by atoms with Crippen molar-refractivity contribution in [3.05, 3.63) is 18.3 Å². The quantitative estimate of drug-likeness (QED) is 0.687. The highest BCUT2D eigenvalue weighted by atomic mass is 16.5. The van der Waals surface area contributed by atoms with Crippen molar-refractivity contribution in [1.29, 1.82) is 0 Å². The third-order valence-electron chi connectivity index (χ3n) is 2.82. The number of aromatic nitrogens is 1. The molecule has 0 aliphatic carbocycles. The fraction of sp³-hybridized carbons (Fsp3) is 0.455. The van der Waals surface area contributed by atoms with E-state index in [0.29, 0.717) is 13.2 Å². The number of hydrogen-bond donors (Lipinski definition) is 3. The number of nitrogens with one attached hydrogen (secondary N) is 2. The molecule has 0 radical (unpaired) electrons. The molecule has 2 unspecified atom stereocenters. The number of amides is 1. The Kier molecular flexibility index (Phi) is 3.55. The number of likely N-dealkylation sites (N-methyl/N-ethyl adjacent to an activating group) is 1. The normalized spacial score (nSPS) is 23.6. The number of ether oxygens (including phenoxy) is 1. The van der Waals surface area contributed by atoms with Crippen molar-refractivity contribution in [2.24, 2.45) is 5.92 Å². The largest absolute Gasteiger partial charge is 0.504 e. The summed E-state index contributed by atoms with van der Waals surface area (Å²) >= 11 is 0. The van der Waals surface area contributed by atoms with E-state index in [4.69, 9.17) is 4.74 Å². The summed E-state index contributed by atoms with van der Waals surface area (Å²) in [6.45, 7) is 0.897. The average Bonchev–Trinajstić information content (AvgIpc) is 2.80.